The molecule has 2 atom stereocenters. The molecule has 2 saturated carbocycles. The Hall–Kier alpha value is -0.0800. The molecule has 2 aliphatic carbocycles. The predicted molar refractivity (Wildman–Crippen MR) is 60.2 cm³/mol. The van der Waals surface area contributed by atoms with Crippen LogP contribution >= 0.6 is 0 Å². The molecule has 0 aromatic heterocycles. The molecule has 2 heteroatoms. The molecule has 0 saturated heterocycles. The average molecular weight is 196 g/mol. The number of hydrogen-bond acceptors (Lipinski definition) is 2. The minimum absolute atomic E-state index is 0.739. The van der Waals surface area contributed by atoms with Crippen LogP contribution in [0.5, 0.6) is 0 Å². The Balaban J connectivity index is 1.77. The molecular formula is C12H24N2. The van der Waals surface area contributed by atoms with Gasteiger partial charge >= 0.3 is 0 Å². The van der Waals surface area contributed by atoms with E-state index in [0.717, 1.165) is 24.5 Å². The van der Waals surface area contributed by atoms with Crippen molar-refractivity contribution in [1.29, 1.82) is 0 Å². The average Bonchev–Trinajstić information content (AvgIpc) is 2.67. The van der Waals surface area contributed by atoms with Crippen molar-refractivity contribution in [3.05, 3.63) is 0 Å². The van der Waals surface area contributed by atoms with Gasteiger partial charge in [0.2, 0.25) is 0 Å². The van der Waals surface area contributed by atoms with Crippen LogP contribution in [0.4, 0.5) is 0 Å². The molecule has 0 aromatic carbocycles. The first-order valence-corrected chi connectivity index (χ1v) is 6.36. The van der Waals surface area contributed by atoms with Gasteiger partial charge in [0.25, 0.3) is 0 Å². The highest BCUT2D eigenvalue weighted by molar-refractivity contribution is 4.87. The quantitative estimate of drug-likeness (QED) is 0.725. The van der Waals surface area contributed by atoms with Crippen LogP contribution in [-0.4, -0.2) is 18.6 Å². The lowest BCUT2D eigenvalue weighted by Gasteiger charge is -2.29. The van der Waals surface area contributed by atoms with Gasteiger partial charge in [-0.1, -0.05) is 25.7 Å². The molecule has 14 heavy (non-hydrogen) atoms. The summed E-state index contributed by atoms with van der Waals surface area (Å²) < 4.78 is 0. The van der Waals surface area contributed by atoms with Crippen LogP contribution in [-0.2, 0) is 0 Å². The highest BCUT2D eigenvalue weighted by atomic mass is 15.0. The van der Waals surface area contributed by atoms with E-state index in [2.05, 4.69) is 5.32 Å². The van der Waals surface area contributed by atoms with Crippen molar-refractivity contribution in [2.45, 2.75) is 63.5 Å². The second-order valence-corrected chi connectivity index (χ2v) is 5.03. The normalized spacial score (nSPS) is 34.9. The van der Waals surface area contributed by atoms with Crippen molar-refractivity contribution in [2.75, 3.05) is 6.54 Å². The summed E-state index contributed by atoms with van der Waals surface area (Å²) in [6.45, 7) is 0.879. The van der Waals surface area contributed by atoms with E-state index >= 15 is 0 Å². The van der Waals surface area contributed by atoms with Crippen molar-refractivity contribution in [3.63, 3.8) is 0 Å². The van der Waals surface area contributed by atoms with Crippen LogP contribution < -0.4 is 11.1 Å². The van der Waals surface area contributed by atoms with E-state index in [9.17, 15) is 0 Å². The van der Waals surface area contributed by atoms with Crippen LogP contribution in [0.1, 0.15) is 51.4 Å². The summed E-state index contributed by atoms with van der Waals surface area (Å²) in [6.07, 6.45) is 11.2. The zero-order chi connectivity index (χ0) is 9.80. The Kier molecular flexibility index (Phi) is 3.82. The summed E-state index contributed by atoms with van der Waals surface area (Å²) in [4.78, 5) is 0. The van der Waals surface area contributed by atoms with Gasteiger partial charge < -0.3 is 11.1 Å². The summed E-state index contributed by atoms with van der Waals surface area (Å²) in [5, 5.41) is 3.84. The smallest absolute Gasteiger partial charge is 0.0110 e. The molecule has 0 bridgehead atoms. The van der Waals surface area contributed by atoms with Crippen molar-refractivity contribution in [2.24, 2.45) is 11.7 Å². The van der Waals surface area contributed by atoms with E-state index in [1.807, 2.05) is 0 Å². The maximum absolute atomic E-state index is 5.79. The third-order valence-corrected chi connectivity index (χ3v) is 4.02. The largest absolute Gasteiger partial charge is 0.330 e. The predicted octanol–water partition coefficient (Wildman–Crippen LogP) is 2.04. The number of hydrogen-bond donors (Lipinski definition) is 2. The van der Waals surface area contributed by atoms with Gasteiger partial charge in [-0.05, 0) is 38.1 Å². The fourth-order valence-electron chi connectivity index (χ4n) is 3.11. The Morgan fingerprint density at radius 1 is 0.929 bits per heavy atom. The first kappa shape index (κ1) is 10.4. The molecule has 0 aromatic rings. The first-order chi connectivity index (χ1) is 6.90. The van der Waals surface area contributed by atoms with E-state index < -0.39 is 0 Å². The van der Waals surface area contributed by atoms with Gasteiger partial charge in [0.15, 0.2) is 0 Å². The van der Waals surface area contributed by atoms with E-state index in [4.69, 9.17) is 5.73 Å². The van der Waals surface area contributed by atoms with Crippen LogP contribution in [0.3, 0.4) is 0 Å². The SMILES string of the molecule is NCC1CCCC1NC1CCCCC1. The molecule has 2 aliphatic rings. The van der Waals surface area contributed by atoms with Crippen LogP contribution in [0.15, 0.2) is 0 Å². The maximum atomic E-state index is 5.79. The highest BCUT2D eigenvalue weighted by Gasteiger charge is 2.28. The summed E-state index contributed by atoms with van der Waals surface area (Å²) in [7, 11) is 0. The third-order valence-electron chi connectivity index (χ3n) is 4.02. The van der Waals surface area contributed by atoms with Gasteiger partial charge in [0, 0.05) is 12.1 Å². The molecule has 2 fully saturated rings. The van der Waals surface area contributed by atoms with Gasteiger partial charge in [0.1, 0.15) is 0 Å². The summed E-state index contributed by atoms with van der Waals surface area (Å²) >= 11 is 0. The van der Waals surface area contributed by atoms with E-state index in [1.54, 1.807) is 0 Å². The molecule has 2 unspecified atom stereocenters. The van der Waals surface area contributed by atoms with Gasteiger partial charge in [-0.2, -0.15) is 0 Å². The fraction of sp³-hybridized carbons (Fsp3) is 1.00. The Bertz CT molecular complexity index is 164. The van der Waals surface area contributed by atoms with Crippen molar-refractivity contribution in [1.82, 2.24) is 5.32 Å². The zero-order valence-corrected chi connectivity index (χ0v) is 9.17. The maximum Gasteiger partial charge on any atom is 0.0110 e. The molecule has 0 heterocycles. The molecule has 0 amide bonds. The monoisotopic (exact) mass is 196 g/mol. The van der Waals surface area contributed by atoms with Crippen molar-refractivity contribution < 1.29 is 0 Å². The Morgan fingerprint density at radius 2 is 1.71 bits per heavy atom. The van der Waals surface area contributed by atoms with Crippen LogP contribution in [0.2, 0.25) is 0 Å². The van der Waals surface area contributed by atoms with Gasteiger partial charge in [-0.15, -0.1) is 0 Å². The minimum Gasteiger partial charge on any atom is -0.330 e. The number of nitrogens with two attached hydrogens (primary N) is 1. The minimum atomic E-state index is 0.739. The van der Waals surface area contributed by atoms with Gasteiger partial charge in [-0.25, -0.2) is 0 Å². The summed E-state index contributed by atoms with van der Waals surface area (Å²) in [5.41, 5.74) is 5.79. The molecular weight excluding hydrogens is 172 g/mol. The highest BCUT2D eigenvalue weighted by Crippen LogP contribution is 2.27. The lowest BCUT2D eigenvalue weighted by molar-refractivity contribution is 0.303. The van der Waals surface area contributed by atoms with E-state index in [-0.39, 0.29) is 0 Å². The molecule has 0 radical (unpaired) electrons. The Morgan fingerprint density at radius 3 is 2.43 bits per heavy atom. The second kappa shape index (κ2) is 5.13. The fourth-order valence-corrected chi connectivity index (χ4v) is 3.11. The number of rotatable bonds is 3. The lowest BCUT2D eigenvalue weighted by Crippen LogP contribution is -2.43. The van der Waals surface area contributed by atoms with Crippen LogP contribution in [0.25, 0.3) is 0 Å². The Labute approximate surface area is 87.6 Å². The van der Waals surface area contributed by atoms with Gasteiger partial charge in [0.05, 0.1) is 0 Å². The van der Waals surface area contributed by atoms with E-state index in [0.29, 0.717) is 0 Å². The molecule has 2 nitrogen and oxygen atoms in total. The number of nitrogens with one attached hydrogen (secondary N) is 1. The summed E-state index contributed by atoms with van der Waals surface area (Å²) in [5.74, 6) is 0.761. The third kappa shape index (κ3) is 2.48. The van der Waals surface area contributed by atoms with E-state index in [1.165, 1.54) is 51.4 Å². The topological polar surface area (TPSA) is 38.0 Å². The lowest BCUT2D eigenvalue weighted by atomic mass is 9.93. The van der Waals surface area contributed by atoms with Crippen molar-refractivity contribution in [3.8, 4) is 0 Å². The molecule has 3 N–H and O–H groups in total. The zero-order valence-electron chi connectivity index (χ0n) is 9.17. The molecule has 0 aliphatic heterocycles. The van der Waals surface area contributed by atoms with Crippen LogP contribution in [0, 0.1) is 5.92 Å². The second-order valence-electron chi connectivity index (χ2n) is 5.03. The summed E-state index contributed by atoms with van der Waals surface area (Å²) in [6, 6.07) is 1.55. The molecule has 0 spiro atoms. The molecule has 2 rings (SSSR count). The first-order valence-electron chi connectivity index (χ1n) is 6.36. The van der Waals surface area contributed by atoms with Gasteiger partial charge in [-0.3, -0.25) is 0 Å². The molecule has 82 valence electrons. The van der Waals surface area contributed by atoms with Crippen molar-refractivity contribution >= 4 is 0 Å². The standard InChI is InChI=1S/C12H24N2/c13-9-10-5-4-8-12(10)14-11-6-2-1-3-7-11/h10-12,14H,1-9,13H2.